The van der Waals surface area contributed by atoms with Crippen molar-refractivity contribution < 1.29 is 9.47 Å². The van der Waals surface area contributed by atoms with Crippen LogP contribution in [-0.2, 0) is 0 Å². The molecule has 0 atom stereocenters. The van der Waals surface area contributed by atoms with Crippen molar-refractivity contribution in [1.82, 2.24) is 0 Å². The van der Waals surface area contributed by atoms with Crippen LogP contribution in [0.3, 0.4) is 0 Å². The van der Waals surface area contributed by atoms with Gasteiger partial charge in [-0.3, -0.25) is 0 Å². The van der Waals surface area contributed by atoms with Crippen molar-refractivity contribution >= 4 is 26.7 Å². The quantitative estimate of drug-likeness (QED) is 0.539. The summed E-state index contributed by atoms with van der Waals surface area (Å²) in [6.45, 7) is 3.62. The third-order valence-corrected chi connectivity index (χ3v) is 3.36. The van der Waals surface area contributed by atoms with Crippen molar-refractivity contribution in [2.45, 2.75) is 19.8 Å². The Morgan fingerprint density at radius 3 is 2.00 bits per heavy atom. The second-order valence-corrected chi connectivity index (χ2v) is 5.20. The number of fused-ring (bicyclic) bond motifs is 1. The lowest BCUT2D eigenvalue weighted by molar-refractivity contribution is 0.317. The number of alkyl halides is 1. The summed E-state index contributed by atoms with van der Waals surface area (Å²) in [6.07, 6.45) is 2.04. The Morgan fingerprint density at radius 1 is 0.895 bits per heavy atom. The molecule has 0 aromatic heterocycles. The highest BCUT2D eigenvalue weighted by Crippen LogP contribution is 2.25. The molecular weight excluding hydrogens is 304 g/mol. The zero-order valence-corrected chi connectivity index (χ0v) is 12.8. The predicted octanol–water partition coefficient (Wildman–Crippen LogP) is 4.79. The number of benzene rings is 2. The first kappa shape index (κ1) is 14.2. The van der Waals surface area contributed by atoms with E-state index in [9.17, 15) is 0 Å². The largest absolute Gasteiger partial charge is 0.494 e. The van der Waals surface area contributed by atoms with Crippen molar-refractivity contribution in [1.29, 1.82) is 0 Å². The minimum absolute atomic E-state index is 0.744. The Balaban J connectivity index is 2.11. The molecule has 0 bridgehead atoms. The van der Waals surface area contributed by atoms with Gasteiger partial charge in [0.1, 0.15) is 11.5 Å². The van der Waals surface area contributed by atoms with Crippen LogP contribution in [0.25, 0.3) is 10.8 Å². The zero-order chi connectivity index (χ0) is 13.5. The Kier molecular flexibility index (Phi) is 5.52. The molecule has 0 fully saturated rings. The van der Waals surface area contributed by atoms with Gasteiger partial charge in [-0.25, -0.2) is 0 Å². The molecule has 102 valence electrons. The van der Waals surface area contributed by atoms with Crippen molar-refractivity contribution in [2.24, 2.45) is 0 Å². The van der Waals surface area contributed by atoms with Crippen LogP contribution in [0.4, 0.5) is 0 Å². The summed E-state index contributed by atoms with van der Waals surface area (Å²) in [5.74, 6) is 1.86. The Labute approximate surface area is 122 Å². The normalized spacial score (nSPS) is 10.6. The van der Waals surface area contributed by atoms with Crippen LogP contribution in [-0.4, -0.2) is 18.5 Å². The van der Waals surface area contributed by atoms with Crippen LogP contribution in [0.2, 0.25) is 0 Å². The van der Waals surface area contributed by atoms with Gasteiger partial charge in [-0.05, 0) is 47.9 Å². The highest BCUT2D eigenvalue weighted by Gasteiger charge is 2.00. The van der Waals surface area contributed by atoms with E-state index >= 15 is 0 Å². The molecule has 2 aromatic rings. The van der Waals surface area contributed by atoms with E-state index in [1.54, 1.807) is 0 Å². The average molecular weight is 323 g/mol. The fourth-order valence-corrected chi connectivity index (χ4v) is 2.07. The van der Waals surface area contributed by atoms with Gasteiger partial charge in [0.05, 0.1) is 13.2 Å². The Morgan fingerprint density at radius 2 is 1.47 bits per heavy atom. The van der Waals surface area contributed by atoms with E-state index in [4.69, 9.17) is 9.47 Å². The highest BCUT2D eigenvalue weighted by atomic mass is 79.9. The second kappa shape index (κ2) is 7.39. The molecule has 0 aliphatic carbocycles. The lowest BCUT2D eigenvalue weighted by Crippen LogP contribution is -1.97. The fraction of sp³-hybridized carbons (Fsp3) is 0.375. The summed E-state index contributed by atoms with van der Waals surface area (Å²) in [7, 11) is 0. The molecule has 2 aromatic carbocycles. The van der Waals surface area contributed by atoms with Crippen LogP contribution < -0.4 is 9.47 Å². The number of rotatable bonds is 7. The minimum atomic E-state index is 0.744. The van der Waals surface area contributed by atoms with Crippen LogP contribution in [0, 0.1) is 0 Å². The Hall–Kier alpha value is -1.22. The van der Waals surface area contributed by atoms with E-state index in [0.717, 1.165) is 42.9 Å². The van der Waals surface area contributed by atoms with Crippen molar-refractivity contribution in [2.75, 3.05) is 18.5 Å². The molecule has 0 aliphatic rings. The van der Waals surface area contributed by atoms with Gasteiger partial charge in [-0.15, -0.1) is 0 Å². The molecule has 0 amide bonds. The van der Waals surface area contributed by atoms with Gasteiger partial charge in [0.25, 0.3) is 0 Å². The third kappa shape index (κ3) is 4.13. The number of hydrogen-bond donors (Lipinski definition) is 0. The molecule has 2 rings (SSSR count). The number of halogens is 1. The highest BCUT2D eigenvalue weighted by molar-refractivity contribution is 9.09. The molecule has 2 nitrogen and oxygen atoms in total. The van der Waals surface area contributed by atoms with E-state index in [1.807, 2.05) is 12.1 Å². The monoisotopic (exact) mass is 322 g/mol. The van der Waals surface area contributed by atoms with Gasteiger partial charge >= 0.3 is 0 Å². The lowest BCUT2D eigenvalue weighted by Gasteiger charge is -2.08. The summed E-state index contributed by atoms with van der Waals surface area (Å²) in [5, 5.41) is 3.33. The maximum absolute atomic E-state index is 5.69. The molecular formula is C16H19BrO2. The SMILES string of the molecule is CCCOc1ccc2cc(OCCCBr)ccc2c1. The smallest absolute Gasteiger partial charge is 0.119 e. The fourth-order valence-electron chi connectivity index (χ4n) is 1.85. The van der Waals surface area contributed by atoms with Crippen LogP contribution in [0.15, 0.2) is 36.4 Å². The van der Waals surface area contributed by atoms with Gasteiger partial charge in [0.2, 0.25) is 0 Å². The van der Waals surface area contributed by atoms with E-state index in [-0.39, 0.29) is 0 Å². The minimum Gasteiger partial charge on any atom is -0.494 e. The first-order chi connectivity index (χ1) is 9.33. The molecule has 0 N–H and O–H groups in total. The standard InChI is InChI=1S/C16H19BrO2/c1-2-9-18-15-6-4-14-12-16(19-10-3-8-17)7-5-13(14)11-15/h4-7,11-12H,2-3,8-10H2,1H3. The van der Waals surface area contributed by atoms with Gasteiger partial charge in [-0.2, -0.15) is 0 Å². The number of ether oxygens (including phenoxy) is 2. The number of hydrogen-bond acceptors (Lipinski definition) is 2. The molecule has 0 radical (unpaired) electrons. The zero-order valence-electron chi connectivity index (χ0n) is 11.2. The van der Waals surface area contributed by atoms with Crippen molar-refractivity contribution in [3.05, 3.63) is 36.4 Å². The summed E-state index contributed by atoms with van der Waals surface area (Å²) >= 11 is 3.40. The first-order valence-corrected chi connectivity index (χ1v) is 7.81. The van der Waals surface area contributed by atoms with E-state index in [2.05, 4.69) is 47.1 Å². The van der Waals surface area contributed by atoms with Gasteiger partial charge in [0, 0.05) is 5.33 Å². The van der Waals surface area contributed by atoms with Gasteiger partial charge in [-0.1, -0.05) is 35.0 Å². The maximum atomic E-state index is 5.69. The Bertz CT molecular complexity index is 525. The lowest BCUT2D eigenvalue weighted by atomic mass is 10.1. The van der Waals surface area contributed by atoms with Crippen LogP contribution in [0.1, 0.15) is 19.8 Å². The molecule has 0 spiro atoms. The molecule has 19 heavy (non-hydrogen) atoms. The molecule has 0 saturated carbocycles. The van der Waals surface area contributed by atoms with Crippen molar-refractivity contribution in [3.63, 3.8) is 0 Å². The molecule has 0 aliphatic heterocycles. The third-order valence-electron chi connectivity index (χ3n) is 2.80. The van der Waals surface area contributed by atoms with Gasteiger partial charge < -0.3 is 9.47 Å². The van der Waals surface area contributed by atoms with E-state index in [1.165, 1.54) is 10.8 Å². The first-order valence-electron chi connectivity index (χ1n) is 6.69. The molecule has 0 saturated heterocycles. The van der Waals surface area contributed by atoms with E-state index in [0.29, 0.717) is 0 Å². The van der Waals surface area contributed by atoms with Crippen LogP contribution >= 0.6 is 15.9 Å². The molecule has 0 heterocycles. The summed E-state index contributed by atoms with van der Waals surface area (Å²) < 4.78 is 11.3. The molecule has 0 unspecified atom stereocenters. The summed E-state index contributed by atoms with van der Waals surface area (Å²) in [5.41, 5.74) is 0. The van der Waals surface area contributed by atoms with Crippen molar-refractivity contribution in [3.8, 4) is 11.5 Å². The molecule has 3 heteroatoms. The summed E-state index contributed by atoms with van der Waals surface area (Å²) in [4.78, 5) is 0. The maximum Gasteiger partial charge on any atom is 0.119 e. The average Bonchev–Trinajstić information content (AvgIpc) is 2.45. The topological polar surface area (TPSA) is 18.5 Å². The second-order valence-electron chi connectivity index (χ2n) is 4.41. The van der Waals surface area contributed by atoms with Gasteiger partial charge in [0.15, 0.2) is 0 Å². The van der Waals surface area contributed by atoms with E-state index < -0.39 is 0 Å². The van der Waals surface area contributed by atoms with Crippen LogP contribution in [0.5, 0.6) is 11.5 Å². The predicted molar refractivity (Wildman–Crippen MR) is 83.6 cm³/mol. The summed E-state index contributed by atoms with van der Waals surface area (Å²) in [6, 6.07) is 12.3.